The first kappa shape index (κ1) is 10.8. The third-order valence-electron chi connectivity index (χ3n) is 2.69. The average molecular weight is 223 g/mol. The number of anilines is 1. The molecule has 16 heavy (non-hydrogen) atoms. The zero-order chi connectivity index (χ0) is 11.7. The van der Waals surface area contributed by atoms with Crippen LogP contribution in [0.25, 0.3) is 0 Å². The lowest BCUT2D eigenvalue weighted by atomic mass is 10.2. The quantitative estimate of drug-likeness (QED) is 0.561. The molecule has 0 spiro atoms. The van der Waals surface area contributed by atoms with Crippen LogP contribution in [0.5, 0.6) is 0 Å². The molecule has 2 rings (SSSR count). The van der Waals surface area contributed by atoms with Crippen LogP contribution in [0.2, 0.25) is 0 Å². The van der Waals surface area contributed by atoms with Gasteiger partial charge in [-0.15, -0.1) is 0 Å². The third kappa shape index (κ3) is 1.84. The Morgan fingerprint density at radius 3 is 2.94 bits per heavy atom. The van der Waals surface area contributed by atoms with E-state index in [0.29, 0.717) is 12.0 Å². The fourth-order valence-electron chi connectivity index (χ4n) is 1.84. The molecule has 0 aliphatic heterocycles. The molecular formula is C10H13N3O3. The summed E-state index contributed by atoms with van der Waals surface area (Å²) in [6.45, 7) is -0.200. The second-order valence-electron chi connectivity index (χ2n) is 3.76. The van der Waals surface area contributed by atoms with Crippen molar-refractivity contribution >= 4 is 5.82 Å². The molecule has 0 bridgehead atoms. The molecule has 1 aromatic heterocycles. The Hall–Kier alpha value is -1.66. The molecule has 0 saturated carbocycles. The van der Waals surface area contributed by atoms with Crippen molar-refractivity contribution in [3.05, 3.63) is 34.4 Å². The van der Waals surface area contributed by atoms with Crippen molar-refractivity contribution in [2.24, 2.45) is 0 Å². The minimum Gasteiger partial charge on any atom is -0.392 e. The topological polar surface area (TPSA) is 101 Å². The van der Waals surface area contributed by atoms with Crippen LogP contribution in [0.1, 0.15) is 12.5 Å². The molecule has 0 fully saturated rings. The number of aromatic nitrogens is 2. The summed E-state index contributed by atoms with van der Waals surface area (Å²) in [4.78, 5) is 15.1. The SMILES string of the molecule is Nc1ccn([C@@H]2C=C(CO)[C@@H](O)C2)c(=O)n1. The highest BCUT2D eigenvalue weighted by molar-refractivity contribution is 5.25. The van der Waals surface area contributed by atoms with E-state index < -0.39 is 11.8 Å². The molecule has 0 aromatic carbocycles. The van der Waals surface area contributed by atoms with Crippen LogP contribution in [-0.2, 0) is 0 Å². The van der Waals surface area contributed by atoms with Crippen molar-refractivity contribution in [2.75, 3.05) is 12.3 Å². The molecule has 2 atom stereocenters. The maximum atomic E-state index is 11.5. The molecule has 4 N–H and O–H groups in total. The Bertz CT molecular complexity index is 480. The third-order valence-corrected chi connectivity index (χ3v) is 2.69. The second-order valence-corrected chi connectivity index (χ2v) is 3.76. The summed E-state index contributed by atoms with van der Waals surface area (Å²) in [6, 6.07) is 1.26. The number of nitrogens with two attached hydrogens (primary N) is 1. The van der Waals surface area contributed by atoms with Crippen LogP contribution in [0.15, 0.2) is 28.7 Å². The highest BCUT2D eigenvalue weighted by Gasteiger charge is 2.25. The molecule has 0 radical (unpaired) electrons. The zero-order valence-electron chi connectivity index (χ0n) is 8.58. The number of aliphatic hydroxyl groups is 2. The highest BCUT2D eigenvalue weighted by atomic mass is 16.3. The fraction of sp³-hybridized carbons (Fsp3) is 0.400. The van der Waals surface area contributed by atoms with Crippen molar-refractivity contribution in [3.8, 4) is 0 Å². The minimum absolute atomic E-state index is 0.172. The summed E-state index contributed by atoms with van der Waals surface area (Å²) in [6.07, 6.45) is 2.91. The van der Waals surface area contributed by atoms with Crippen LogP contribution < -0.4 is 11.4 Å². The lowest BCUT2D eigenvalue weighted by Crippen LogP contribution is -2.26. The van der Waals surface area contributed by atoms with E-state index in [1.807, 2.05) is 0 Å². The minimum atomic E-state index is -0.695. The molecule has 0 amide bonds. The summed E-state index contributed by atoms with van der Waals surface area (Å²) >= 11 is 0. The standard InChI is InChI=1S/C10H13N3O3/c11-9-1-2-13(10(16)12-9)7-3-6(5-14)8(15)4-7/h1-3,7-8,14-15H,4-5H2,(H2,11,12,16)/t7-,8+/m1/s1. The van der Waals surface area contributed by atoms with Crippen LogP contribution in [0.4, 0.5) is 5.82 Å². The summed E-state index contributed by atoms with van der Waals surface area (Å²) in [5, 5.41) is 18.5. The van der Waals surface area contributed by atoms with E-state index in [1.54, 1.807) is 12.3 Å². The van der Waals surface area contributed by atoms with Gasteiger partial charge >= 0.3 is 5.69 Å². The fourth-order valence-corrected chi connectivity index (χ4v) is 1.84. The van der Waals surface area contributed by atoms with Gasteiger partial charge in [-0.1, -0.05) is 6.08 Å². The van der Waals surface area contributed by atoms with Crippen molar-refractivity contribution in [1.82, 2.24) is 9.55 Å². The number of allylic oxidation sites excluding steroid dienone is 1. The Balaban J connectivity index is 2.33. The molecule has 6 nitrogen and oxygen atoms in total. The van der Waals surface area contributed by atoms with Gasteiger partial charge in [0.05, 0.1) is 18.8 Å². The summed E-state index contributed by atoms with van der Waals surface area (Å²) in [5.41, 5.74) is 5.46. The van der Waals surface area contributed by atoms with E-state index in [9.17, 15) is 9.90 Å². The zero-order valence-corrected chi connectivity index (χ0v) is 8.58. The summed E-state index contributed by atoms with van der Waals surface area (Å²) in [5.74, 6) is 0.172. The number of rotatable bonds is 2. The molecule has 6 heteroatoms. The van der Waals surface area contributed by atoms with Gasteiger partial charge in [-0.3, -0.25) is 4.57 Å². The lowest BCUT2D eigenvalue weighted by molar-refractivity contribution is 0.181. The molecular weight excluding hydrogens is 210 g/mol. The van der Waals surface area contributed by atoms with Gasteiger partial charge in [0.15, 0.2) is 0 Å². The van der Waals surface area contributed by atoms with E-state index in [4.69, 9.17) is 10.8 Å². The van der Waals surface area contributed by atoms with Gasteiger partial charge in [-0.05, 0) is 11.6 Å². The van der Waals surface area contributed by atoms with Gasteiger partial charge in [0.25, 0.3) is 0 Å². The largest absolute Gasteiger partial charge is 0.392 e. The molecule has 1 aliphatic carbocycles. The normalized spacial score (nSPS) is 24.5. The number of nitrogens with zero attached hydrogens (tertiary/aromatic N) is 2. The summed E-state index contributed by atoms with van der Waals surface area (Å²) in [7, 11) is 0. The molecule has 86 valence electrons. The Labute approximate surface area is 91.7 Å². The monoisotopic (exact) mass is 223 g/mol. The predicted molar refractivity (Wildman–Crippen MR) is 57.7 cm³/mol. The van der Waals surface area contributed by atoms with Crippen LogP contribution in [-0.4, -0.2) is 32.5 Å². The van der Waals surface area contributed by atoms with E-state index in [2.05, 4.69) is 4.98 Å². The van der Waals surface area contributed by atoms with Gasteiger partial charge in [-0.25, -0.2) is 4.79 Å². The van der Waals surface area contributed by atoms with Crippen molar-refractivity contribution in [1.29, 1.82) is 0 Å². The maximum Gasteiger partial charge on any atom is 0.350 e. The maximum absolute atomic E-state index is 11.5. The van der Waals surface area contributed by atoms with Crippen LogP contribution >= 0.6 is 0 Å². The Morgan fingerprint density at radius 1 is 1.62 bits per heavy atom. The smallest absolute Gasteiger partial charge is 0.350 e. The lowest BCUT2D eigenvalue weighted by Gasteiger charge is -2.11. The van der Waals surface area contributed by atoms with E-state index in [1.165, 1.54) is 10.6 Å². The molecule has 1 aliphatic rings. The van der Waals surface area contributed by atoms with Gasteiger partial charge in [0.2, 0.25) is 0 Å². The first-order chi connectivity index (χ1) is 7.61. The first-order valence-electron chi connectivity index (χ1n) is 4.96. The van der Waals surface area contributed by atoms with Crippen LogP contribution in [0, 0.1) is 0 Å². The van der Waals surface area contributed by atoms with E-state index in [-0.39, 0.29) is 18.5 Å². The number of aliphatic hydroxyl groups excluding tert-OH is 2. The van der Waals surface area contributed by atoms with Gasteiger partial charge in [0, 0.05) is 12.6 Å². The van der Waals surface area contributed by atoms with Gasteiger partial charge in [-0.2, -0.15) is 4.98 Å². The summed E-state index contributed by atoms with van der Waals surface area (Å²) < 4.78 is 1.39. The van der Waals surface area contributed by atoms with E-state index in [0.717, 1.165) is 0 Å². The van der Waals surface area contributed by atoms with Gasteiger partial charge < -0.3 is 15.9 Å². The Morgan fingerprint density at radius 2 is 2.38 bits per heavy atom. The predicted octanol–water partition coefficient (Wildman–Crippen LogP) is -0.950. The molecule has 0 saturated heterocycles. The number of nitrogen functional groups attached to an aromatic ring is 1. The van der Waals surface area contributed by atoms with Crippen LogP contribution in [0.3, 0.4) is 0 Å². The van der Waals surface area contributed by atoms with Crippen molar-refractivity contribution < 1.29 is 10.2 Å². The molecule has 1 heterocycles. The highest BCUT2D eigenvalue weighted by Crippen LogP contribution is 2.27. The van der Waals surface area contributed by atoms with Crippen molar-refractivity contribution in [2.45, 2.75) is 18.6 Å². The number of hydrogen-bond acceptors (Lipinski definition) is 5. The van der Waals surface area contributed by atoms with Crippen molar-refractivity contribution in [3.63, 3.8) is 0 Å². The van der Waals surface area contributed by atoms with Gasteiger partial charge in [0.1, 0.15) is 5.82 Å². The number of hydrogen-bond donors (Lipinski definition) is 3. The Kier molecular flexibility index (Phi) is 2.76. The average Bonchev–Trinajstić information content (AvgIpc) is 2.59. The molecule has 0 unspecified atom stereocenters. The second kappa shape index (κ2) is 4.07. The van der Waals surface area contributed by atoms with E-state index >= 15 is 0 Å². The molecule has 1 aromatic rings. The first-order valence-corrected chi connectivity index (χ1v) is 4.96.